The fourth-order valence-electron chi connectivity index (χ4n) is 5.58. The number of ether oxygens (including phenoxy) is 2. The summed E-state index contributed by atoms with van der Waals surface area (Å²) in [5.41, 5.74) is 0.993. The summed E-state index contributed by atoms with van der Waals surface area (Å²) in [6.07, 6.45) is 7.14. The molecule has 4 heterocycles. The lowest BCUT2D eigenvalue weighted by Crippen LogP contribution is -2.57. The molecule has 1 saturated carbocycles. The van der Waals surface area contributed by atoms with Crippen molar-refractivity contribution in [3.8, 4) is 11.9 Å². The maximum absolute atomic E-state index is 13.2. The Morgan fingerprint density at radius 2 is 2.12 bits per heavy atom. The Bertz CT molecular complexity index is 1060. The van der Waals surface area contributed by atoms with Gasteiger partial charge < -0.3 is 19.3 Å². The van der Waals surface area contributed by atoms with E-state index in [0.717, 1.165) is 37.1 Å². The molecular weight excluding hydrogens is 418 g/mol. The highest BCUT2D eigenvalue weighted by molar-refractivity contribution is 5.78. The van der Waals surface area contributed by atoms with Crippen LogP contribution in [0.1, 0.15) is 43.7 Å². The summed E-state index contributed by atoms with van der Waals surface area (Å²) in [4.78, 5) is 26.3. The molecule has 33 heavy (non-hydrogen) atoms. The molecule has 0 spiro atoms. The van der Waals surface area contributed by atoms with Gasteiger partial charge in [-0.25, -0.2) is 9.97 Å². The van der Waals surface area contributed by atoms with Crippen molar-refractivity contribution in [2.45, 2.75) is 50.3 Å². The number of carbonyl (C=O) groups excluding carboxylic acids is 1. The SMILES string of the molecule is COc1ncccc1C1(OCC(=O)N2CC3C[C@H](C)C(C2)N3c2ccc(C#N)cn2)CCC1. The molecule has 1 amide bonds. The van der Waals surface area contributed by atoms with Crippen molar-refractivity contribution in [2.24, 2.45) is 5.92 Å². The van der Waals surface area contributed by atoms with Crippen molar-refractivity contribution in [1.82, 2.24) is 14.9 Å². The van der Waals surface area contributed by atoms with Crippen LogP contribution in [0, 0.1) is 17.2 Å². The van der Waals surface area contributed by atoms with E-state index < -0.39 is 5.60 Å². The molecule has 3 atom stereocenters. The molecule has 2 bridgehead atoms. The lowest BCUT2D eigenvalue weighted by molar-refractivity contribution is -0.154. The number of aromatic nitrogens is 2. The Balaban J connectivity index is 1.27. The number of carbonyl (C=O) groups is 1. The Morgan fingerprint density at radius 3 is 2.76 bits per heavy atom. The average molecular weight is 448 g/mol. The molecule has 0 radical (unpaired) electrons. The van der Waals surface area contributed by atoms with Gasteiger partial charge in [-0.3, -0.25) is 4.79 Å². The van der Waals surface area contributed by atoms with Crippen LogP contribution in [-0.4, -0.2) is 59.7 Å². The third kappa shape index (κ3) is 3.80. The van der Waals surface area contributed by atoms with Crippen LogP contribution in [-0.2, 0) is 15.1 Å². The van der Waals surface area contributed by atoms with Crippen molar-refractivity contribution in [1.29, 1.82) is 5.26 Å². The smallest absolute Gasteiger partial charge is 0.248 e. The second-order valence-electron chi connectivity index (χ2n) is 9.35. The predicted octanol–water partition coefficient (Wildman–Crippen LogP) is 2.88. The van der Waals surface area contributed by atoms with E-state index in [2.05, 4.69) is 27.9 Å². The van der Waals surface area contributed by atoms with Gasteiger partial charge in [0.25, 0.3) is 0 Å². The van der Waals surface area contributed by atoms with Crippen molar-refractivity contribution in [3.05, 3.63) is 47.8 Å². The van der Waals surface area contributed by atoms with E-state index in [9.17, 15) is 4.79 Å². The molecule has 172 valence electrons. The minimum atomic E-state index is -0.490. The van der Waals surface area contributed by atoms with Gasteiger partial charge in [0.1, 0.15) is 18.5 Å². The van der Waals surface area contributed by atoms with Crippen LogP contribution in [0.3, 0.4) is 0 Å². The second-order valence-corrected chi connectivity index (χ2v) is 9.35. The van der Waals surface area contributed by atoms with Crippen LogP contribution in [0.5, 0.6) is 5.88 Å². The van der Waals surface area contributed by atoms with Crippen LogP contribution in [0.4, 0.5) is 5.82 Å². The van der Waals surface area contributed by atoms with Gasteiger partial charge in [0.05, 0.1) is 24.3 Å². The number of anilines is 1. The lowest BCUT2D eigenvalue weighted by Gasteiger charge is -2.44. The van der Waals surface area contributed by atoms with Crippen molar-refractivity contribution >= 4 is 11.7 Å². The summed E-state index contributed by atoms with van der Waals surface area (Å²) in [6, 6.07) is 10.2. The number of rotatable bonds is 6. The van der Waals surface area contributed by atoms with Gasteiger partial charge in [-0.15, -0.1) is 0 Å². The van der Waals surface area contributed by atoms with Crippen LogP contribution < -0.4 is 9.64 Å². The number of amides is 1. The van der Waals surface area contributed by atoms with Crippen molar-refractivity contribution in [2.75, 3.05) is 31.7 Å². The zero-order valence-electron chi connectivity index (χ0n) is 19.1. The molecule has 3 fully saturated rings. The molecule has 2 unspecified atom stereocenters. The quantitative estimate of drug-likeness (QED) is 0.672. The highest BCUT2D eigenvalue weighted by Gasteiger charge is 2.47. The molecule has 8 nitrogen and oxygen atoms in total. The molecule has 2 aromatic rings. The minimum absolute atomic E-state index is 0.0284. The third-order valence-corrected chi connectivity index (χ3v) is 7.47. The Kier molecular flexibility index (Phi) is 5.67. The molecule has 8 heteroatoms. The largest absolute Gasteiger partial charge is 0.481 e. The first-order valence-electron chi connectivity index (χ1n) is 11.6. The number of likely N-dealkylation sites (tertiary alicyclic amines) is 1. The second kappa shape index (κ2) is 8.64. The first-order valence-corrected chi connectivity index (χ1v) is 11.6. The number of nitriles is 1. The highest BCUT2D eigenvalue weighted by Crippen LogP contribution is 2.47. The van der Waals surface area contributed by atoms with E-state index in [-0.39, 0.29) is 24.6 Å². The Morgan fingerprint density at radius 1 is 1.27 bits per heavy atom. The molecular formula is C25H29N5O3. The molecule has 1 aliphatic carbocycles. The van der Waals surface area contributed by atoms with Crippen LogP contribution in [0.15, 0.2) is 36.7 Å². The third-order valence-electron chi connectivity index (χ3n) is 7.47. The van der Waals surface area contributed by atoms with Crippen LogP contribution in [0.25, 0.3) is 0 Å². The van der Waals surface area contributed by atoms with E-state index in [1.807, 2.05) is 29.2 Å². The van der Waals surface area contributed by atoms with Gasteiger partial charge in [-0.05, 0) is 55.9 Å². The standard InChI is InChI=1S/C25H29N5O3/c1-17-11-19-14-29(15-21(17)30(19)22-7-6-18(12-26)13-28-22)23(31)16-33-25(8-4-9-25)20-5-3-10-27-24(20)32-2/h3,5-7,10,13,17,19,21H,4,8-9,11,14-16H2,1-2H3/t17-,19?,21?/m0/s1. The normalized spacial score (nSPS) is 25.3. The maximum atomic E-state index is 13.2. The van der Waals surface area contributed by atoms with Crippen LogP contribution >= 0.6 is 0 Å². The number of hydrogen-bond donors (Lipinski definition) is 0. The number of piperazine rings is 1. The molecule has 2 aliphatic heterocycles. The average Bonchev–Trinajstić information content (AvgIpc) is 3.02. The van der Waals surface area contributed by atoms with Gasteiger partial charge in [0.2, 0.25) is 11.8 Å². The van der Waals surface area contributed by atoms with E-state index in [1.165, 1.54) is 0 Å². The summed E-state index contributed by atoms with van der Waals surface area (Å²) in [6.45, 7) is 3.61. The monoisotopic (exact) mass is 447 g/mol. The molecule has 0 aromatic carbocycles. The minimum Gasteiger partial charge on any atom is -0.481 e. The summed E-state index contributed by atoms with van der Waals surface area (Å²) in [5.74, 6) is 1.94. The van der Waals surface area contributed by atoms with Gasteiger partial charge >= 0.3 is 0 Å². The summed E-state index contributed by atoms with van der Waals surface area (Å²) in [7, 11) is 1.61. The summed E-state index contributed by atoms with van der Waals surface area (Å²) in [5, 5.41) is 9.05. The Hall–Kier alpha value is -3.18. The molecule has 2 aromatic heterocycles. The molecule has 0 N–H and O–H groups in total. The number of fused-ring (bicyclic) bond motifs is 2. The summed E-state index contributed by atoms with van der Waals surface area (Å²) >= 11 is 0. The fraction of sp³-hybridized carbons (Fsp3) is 0.520. The zero-order valence-corrected chi connectivity index (χ0v) is 19.1. The van der Waals surface area contributed by atoms with E-state index >= 15 is 0 Å². The first kappa shape index (κ1) is 21.7. The van der Waals surface area contributed by atoms with E-state index in [1.54, 1.807) is 19.5 Å². The first-order chi connectivity index (χ1) is 16.0. The lowest BCUT2D eigenvalue weighted by atomic mass is 9.75. The number of methoxy groups -OCH3 is 1. The maximum Gasteiger partial charge on any atom is 0.248 e. The highest BCUT2D eigenvalue weighted by atomic mass is 16.5. The molecule has 3 aliphatic rings. The number of hydrogen-bond acceptors (Lipinski definition) is 7. The van der Waals surface area contributed by atoms with Crippen LogP contribution in [0.2, 0.25) is 0 Å². The fourth-order valence-corrected chi connectivity index (χ4v) is 5.58. The van der Waals surface area contributed by atoms with Gasteiger partial charge in [0.15, 0.2) is 0 Å². The topological polar surface area (TPSA) is 91.6 Å². The number of pyridine rings is 2. The van der Waals surface area contributed by atoms with Gasteiger partial charge in [-0.1, -0.05) is 6.92 Å². The van der Waals surface area contributed by atoms with Gasteiger partial charge in [0, 0.05) is 37.1 Å². The predicted molar refractivity (Wildman–Crippen MR) is 122 cm³/mol. The Labute approximate surface area is 194 Å². The van der Waals surface area contributed by atoms with E-state index in [4.69, 9.17) is 14.7 Å². The number of nitrogens with zero attached hydrogens (tertiary/aromatic N) is 5. The molecule has 5 rings (SSSR count). The van der Waals surface area contributed by atoms with Gasteiger partial charge in [-0.2, -0.15) is 5.26 Å². The van der Waals surface area contributed by atoms with Crippen molar-refractivity contribution < 1.29 is 14.3 Å². The summed E-state index contributed by atoms with van der Waals surface area (Å²) < 4.78 is 11.7. The zero-order chi connectivity index (χ0) is 23.0. The van der Waals surface area contributed by atoms with Crippen molar-refractivity contribution in [3.63, 3.8) is 0 Å². The molecule has 2 saturated heterocycles. The van der Waals surface area contributed by atoms with E-state index in [0.29, 0.717) is 30.5 Å².